The quantitative estimate of drug-likeness (QED) is 0.796. The second kappa shape index (κ2) is 9.23. The van der Waals surface area contributed by atoms with E-state index >= 15 is 0 Å². The van der Waals surface area contributed by atoms with E-state index in [1.807, 2.05) is 0 Å². The SMILES string of the molecule is Cc1cccc(N2CCN(CCNC(=O)[C@H](C)OCC(F)(F)F)CC2)c1. The highest BCUT2D eigenvalue weighted by Gasteiger charge is 2.29. The van der Waals surface area contributed by atoms with Crippen molar-refractivity contribution in [2.45, 2.75) is 26.1 Å². The Bertz CT molecular complexity index is 587. The van der Waals surface area contributed by atoms with Crippen molar-refractivity contribution < 1.29 is 22.7 Å². The van der Waals surface area contributed by atoms with Crippen molar-refractivity contribution in [3.63, 3.8) is 0 Å². The Morgan fingerprint density at radius 2 is 1.96 bits per heavy atom. The molecule has 2 rings (SSSR count). The molecule has 1 aromatic carbocycles. The van der Waals surface area contributed by atoms with E-state index < -0.39 is 24.8 Å². The van der Waals surface area contributed by atoms with Crippen LogP contribution in [0.4, 0.5) is 18.9 Å². The summed E-state index contributed by atoms with van der Waals surface area (Å²) in [5, 5.41) is 2.63. The van der Waals surface area contributed by atoms with Crippen LogP contribution in [0, 0.1) is 6.92 Å². The molecule has 0 aliphatic carbocycles. The third kappa shape index (κ3) is 6.84. The molecule has 8 heteroatoms. The van der Waals surface area contributed by atoms with Crippen molar-refractivity contribution >= 4 is 11.6 Å². The highest BCUT2D eigenvalue weighted by atomic mass is 19.4. The second-order valence-electron chi connectivity index (χ2n) is 6.53. The number of carbonyl (C=O) groups is 1. The lowest BCUT2D eigenvalue weighted by molar-refractivity contribution is -0.185. The average molecular weight is 373 g/mol. The zero-order valence-corrected chi connectivity index (χ0v) is 15.2. The highest BCUT2D eigenvalue weighted by Crippen LogP contribution is 2.18. The van der Waals surface area contributed by atoms with E-state index in [2.05, 4.69) is 51.0 Å². The van der Waals surface area contributed by atoms with E-state index in [1.165, 1.54) is 18.2 Å². The summed E-state index contributed by atoms with van der Waals surface area (Å²) in [5.74, 6) is -0.521. The van der Waals surface area contributed by atoms with Gasteiger partial charge in [0, 0.05) is 45.0 Å². The third-order valence-corrected chi connectivity index (χ3v) is 4.33. The van der Waals surface area contributed by atoms with Crippen LogP contribution in [0.2, 0.25) is 0 Å². The van der Waals surface area contributed by atoms with E-state index in [4.69, 9.17) is 0 Å². The van der Waals surface area contributed by atoms with Gasteiger partial charge in [0.1, 0.15) is 12.7 Å². The van der Waals surface area contributed by atoms with E-state index in [0.29, 0.717) is 13.1 Å². The Labute approximate surface area is 152 Å². The molecule has 1 aliphatic heterocycles. The predicted molar refractivity (Wildman–Crippen MR) is 94.3 cm³/mol. The Balaban J connectivity index is 1.65. The molecule has 26 heavy (non-hydrogen) atoms. The number of hydrogen-bond acceptors (Lipinski definition) is 4. The number of anilines is 1. The van der Waals surface area contributed by atoms with Crippen LogP contribution in [0.15, 0.2) is 24.3 Å². The van der Waals surface area contributed by atoms with Crippen LogP contribution >= 0.6 is 0 Å². The fourth-order valence-electron chi connectivity index (χ4n) is 2.83. The number of aryl methyl sites for hydroxylation is 1. The lowest BCUT2D eigenvalue weighted by Crippen LogP contribution is -2.49. The zero-order valence-electron chi connectivity index (χ0n) is 15.2. The van der Waals surface area contributed by atoms with Gasteiger partial charge < -0.3 is 15.0 Å². The zero-order chi connectivity index (χ0) is 19.2. The lowest BCUT2D eigenvalue weighted by atomic mass is 10.2. The molecule has 1 aromatic rings. The summed E-state index contributed by atoms with van der Waals surface area (Å²) in [6, 6.07) is 8.39. The molecular weight excluding hydrogens is 347 g/mol. The second-order valence-corrected chi connectivity index (χ2v) is 6.53. The molecule has 0 unspecified atom stereocenters. The molecule has 0 spiro atoms. The minimum atomic E-state index is -4.43. The highest BCUT2D eigenvalue weighted by molar-refractivity contribution is 5.80. The smallest absolute Gasteiger partial charge is 0.369 e. The molecule has 1 atom stereocenters. The number of piperazine rings is 1. The number of carbonyl (C=O) groups excluding carboxylic acids is 1. The minimum absolute atomic E-state index is 0.392. The average Bonchev–Trinajstić information content (AvgIpc) is 2.59. The van der Waals surface area contributed by atoms with Gasteiger partial charge in [-0.3, -0.25) is 9.69 Å². The normalized spacial score (nSPS) is 17.2. The number of nitrogens with one attached hydrogen (secondary N) is 1. The van der Waals surface area contributed by atoms with Gasteiger partial charge in [-0.1, -0.05) is 12.1 Å². The van der Waals surface area contributed by atoms with Crippen LogP contribution in [0.3, 0.4) is 0 Å². The molecule has 0 saturated carbocycles. The Morgan fingerprint density at radius 1 is 1.27 bits per heavy atom. The fraction of sp³-hybridized carbons (Fsp3) is 0.611. The molecule has 1 heterocycles. The predicted octanol–water partition coefficient (Wildman–Crippen LogP) is 2.20. The largest absolute Gasteiger partial charge is 0.411 e. The standard InChI is InChI=1S/C18H26F3N3O2/c1-14-4-3-5-16(12-14)24-10-8-23(9-11-24)7-6-22-17(25)15(2)26-13-18(19,20)21/h3-5,12,15H,6-11,13H2,1-2H3,(H,22,25)/t15-/m0/s1. The maximum Gasteiger partial charge on any atom is 0.411 e. The van der Waals surface area contributed by atoms with Crippen LogP contribution in [0.5, 0.6) is 0 Å². The van der Waals surface area contributed by atoms with Crippen molar-refractivity contribution in [3.8, 4) is 0 Å². The van der Waals surface area contributed by atoms with Crippen LogP contribution in [-0.2, 0) is 9.53 Å². The van der Waals surface area contributed by atoms with Crippen molar-refractivity contribution in [3.05, 3.63) is 29.8 Å². The maximum absolute atomic E-state index is 12.1. The fourth-order valence-corrected chi connectivity index (χ4v) is 2.83. The minimum Gasteiger partial charge on any atom is -0.369 e. The van der Waals surface area contributed by atoms with Crippen LogP contribution in [0.1, 0.15) is 12.5 Å². The molecule has 1 aliphatic rings. The molecule has 1 saturated heterocycles. The molecule has 1 fully saturated rings. The Kier molecular flexibility index (Phi) is 7.28. The van der Waals surface area contributed by atoms with E-state index in [0.717, 1.165) is 26.2 Å². The van der Waals surface area contributed by atoms with Gasteiger partial charge in [-0.15, -0.1) is 0 Å². The van der Waals surface area contributed by atoms with E-state index in [9.17, 15) is 18.0 Å². The van der Waals surface area contributed by atoms with E-state index in [1.54, 1.807) is 0 Å². The van der Waals surface area contributed by atoms with Crippen LogP contribution < -0.4 is 10.2 Å². The summed E-state index contributed by atoms with van der Waals surface area (Å²) in [4.78, 5) is 16.3. The third-order valence-electron chi connectivity index (χ3n) is 4.33. The summed E-state index contributed by atoms with van der Waals surface area (Å²) in [6.07, 6.45) is -5.54. The number of nitrogens with zero attached hydrogens (tertiary/aromatic N) is 2. The van der Waals surface area contributed by atoms with Crippen molar-refractivity contribution in [2.75, 3.05) is 50.8 Å². The number of alkyl halides is 3. The molecule has 0 bridgehead atoms. The molecule has 146 valence electrons. The molecular formula is C18H26F3N3O2. The number of ether oxygens (including phenoxy) is 1. The van der Waals surface area contributed by atoms with Gasteiger partial charge in [-0.2, -0.15) is 13.2 Å². The summed E-state index contributed by atoms with van der Waals surface area (Å²) < 4.78 is 40.8. The topological polar surface area (TPSA) is 44.8 Å². The Morgan fingerprint density at radius 3 is 2.58 bits per heavy atom. The van der Waals surface area contributed by atoms with Gasteiger partial charge in [0.15, 0.2) is 0 Å². The summed E-state index contributed by atoms with van der Waals surface area (Å²) in [7, 11) is 0. The van der Waals surface area contributed by atoms with Gasteiger partial charge >= 0.3 is 6.18 Å². The van der Waals surface area contributed by atoms with Gasteiger partial charge in [0.2, 0.25) is 5.91 Å². The molecule has 0 radical (unpaired) electrons. The van der Waals surface area contributed by atoms with Crippen molar-refractivity contribution in [2.24, 2.45) is 0 Å². The summed E-state index contributed by atoms with van der Waals surface area (Å²) in [5.41, 5.74) is 2.45. The molecule has 1 N–H and O–H groups in total. The van der Waals surface area contributed by atoms with Gasteiger partial charge in [0.25, 0.3) is 0 Å². The molecule has 0 aromatic heterocycles. The monoisotopic (exact) mass is 373 g/mol. The first-order valence-corrected chi connectivity index (χ1v) is 8.74. The van der Waals surface area contributed by atoms with Gasteiger partial charge in [0.05, 0.1) is 0 Å². The maximum atomic E-state index is 12.1. The van der Waals surface area contributed by atoms with Crippen molar-refractivity contribution in [1.82, 2.24) is 10.2 Å². The first-order valence-electron chi connectivity index (χ1n) is 8.74. The van der Waals surface area contributed by atoms with Gasteiger partial charge in [-0.05, 0) is 31.5 Å². The number of benzene rings is 1. The summed E-state index contributed by atoms with van der Waals surface area (Å²) in [6.45, 7) is 6.60. The number of halogens is 3. The number of rotatable bonds is 7. The first kappa shape index (κ1) is 20.5. The van der Waals surface area contributed by atoms with Crippen LogP contribution in [-0.4, -0.2) is 69.0 Å². The molecule has 1 amide bonds. The van der Waals surface area contributed by atoms with Gasteiger partial charge in [-0.25, -0.2) is 0 Å². The number of hydrogen-bond donors (Lipinski definition) is 1. The summed E-state index contributed by atoms with van der Waals surface area (Å²) >= 11 is 0. The van der Waals surface area contributed by atoms with Crippen molar-refractivity contribution in [1.29, 1.82) is 0 Å². The lowest BCUT2D eigenvalue weighted by Gasteiger charge is -2.36. The molecule has 5 nitrogen and oxygen atoms in total. The van der Waals surface area contributed by atoms with Crippen LogP contribution in [0.25, 0.3) is 0 Å². The van der Waals surface area contributed by atoms with E-state index in [-0.39, 0.29) is 0 Å². The number of amides is 1. The first-order chi connectivity index (χ1) is 12.2. The Hall–Kier alpha value is -1.80.